The third kappa shape index (κ3) is 2.49. The van der Waals surface area contributed by atoms with Gasteiger partial charge in [0.25, 0.3) is 0 Å². The van der Waals surface area contributed by atoms with E-state index in [1.807, 2.05) is 65.7 Å². The number of nitriles is 2. The molecule has 2 aliphatic rings. The van der Waals surface area contributed by atoms with E-state index < -0.39 is 23.4 Å². The fourth-order valence-corrected chi connectivity index (χ4v) is 5.09. The highest BCUT2D eigenvalue weighted by molar-refractivity contribution is 14.1. The Labute approximate surface area is 171 Å². The quantitative estimate of drug-likeness (QED) is 0.617. The Balaban J connectivity index is 2.02. The predicted octanol–water partition coefficient (Wildman–Crippen LogP) is 4.41. The number of hydrogen-bond donors (Lipinski definition) is 0. The van der Waals surface area contributed by atoms with Gasteiger partial charge in [-0.15, -0.1) is 0 Å². The van der Waals surface area contributed by atoms with Crippen LogP contribution in [-0.2, 0) is 4.79 Å². The number of carbonyl (C=O) groups excluding carboxylic acids is 1. The molecule has 1 saturated heterocycles. The molecule has 4 rings (SSSR count). The van der Waals surface area contributed by atoms with Gasteiger partial charge in [-0.3, -0.25) is 4.79 Å². The molecule has 3 atom stereocenters. The summed E-state index contributed by atoms with van der Waals surface area (Å²) in [5.74, 6) is -0.569. The number of carbonyl (C=O) groups is 1. The Kier molecular flexibility index (Phi) is 4.28. The second kappa shape index (κ2) is 6.51. The predicted molar refractivity (Wildman–Crippen MR) is 110 cm³/mol. The van der Waals surface area contributed by atoms with Gasteiger partial charge in [0.05, 0.1) is 24.2 Å². The molecule has 2 aliphatic heterocycles. The molecular weight excluding hydrogens is 449 g/mol. The maximum atomic E-state index is 12.7. The summed E-state index contributed by atoms with van der Waals surface area (Å²) in [7, 11) is 0. The molecule has 0 radical (unpaired) electrons. The highest BCUT2D eigenvalue weighted by atomic mass is 127. The summed E-state index contributed by atoms with van der Waals surface area (Å²) in [6, 6.07) is 19.2. The van der Waals surface area contributed by atoms with Crippen molar-refractivity contribution in [3.8, 4) is 12.1 Å². The molecular formula is C22H16IN3O. The van der Waals surface area contributed by atoms with Crippen molar-refractivity contribution in [2.24, 2.45) is 5.41 Å². The summed E-state index contributed by atoms with van der Waals surface area (Å²) in [6.45, 7) is 1.54. The van der Waals surface area contributed by atoms with Crippen LogP contribution < -0.4 is 0 Å². The van der Waals surface area contributed by atoms with Gasteiger partial charge in [-0.05, 0) is 64.4 Å². The largest absolute Gasteiger partial charge is 0.357 e. The summed E-state index contributed by atoms with van der Waals surface area (Å²) in [4.78, 5) is 14.6. The van der Waals surface area contributed by atoms with E-state index in [4.69, 9.17) is 0 Å². The molecule has 27 heavy (non-hydrogen) atoms. The van der Waals surface area contributed by atoms with E-state index in [0.29, 0.717) is 0 Å². The van der Waals surface area contributed by atoms with Crippen LogP contribution in [0, 0.1) is 31.6 Å². The first-order chi connectivity index (χ1) is 13.0. The first-order valence-corrected chi connectivity index (χ1v) is 9.74. The molecule has 0 N–H and O–H groups in total. The third-order valence-corrected chi connectivity index (χ3v) is 6.24. The first kappa shape index (κ1) is 17.8. The van der Waals surface area contributed by atoms with Crippen molar-refractivity contribution in [1.82, 2.24) is 4.90 Å². The van der Waals surface area contributed by atoms with Crippen molar-refractivity contribution in [2.45, 2.75) is 24.9 Å². The molecule has 1 fully saturated rings. The Morgan fingerprint density at radius 3 is 2.56 bits per heavy atom. The van der Waals surface area contributed by atoms with Crippen LogP contribution in [0.2, 0.25) is 0 Å². The van der Waals surface area contributed by atoms with Crippen LogP contribution in [0.15, 0.2) is 54.7 Å². The first-order valence-electron chi connectivity index (χ1n) is 8.66. The van der Waals surface area contributed by atoms with Gasteiger partial charge in [0.2, 0.25) is 0 Å². The van der Waals surface area contributed by atoms with Gasteiger partial charge in [0.15, 0.2) is 11.2 Å². The number of nitrogens with zero attached hydrogens (tertiary/aromatic N) is 3. The van der Waals surface area contributed by atoms with Crippen molar-refractivity contribution in [3.63, 3.8) is 0 Å². The molecule has 132 valence electrons. The van der Waals surface area contributed by atoms with Crippen molar-refractivity contribution in [3.05, 3.63) is 75.0 Å². The smallest absolute Gasteiger partial charge is 0.177 e. The van der Waals surface area contributed by atoms with Crippen LogP contribution in [0.4, 0.5) is 0 Å². The molecule has 0 aromatic heterocycles. The number of rotatable bonds is 2. The molecule has 0 bridgehead atoms. The maximum Gasteiger partial charge on any atom is 0.177 e. The summed E-state index contributed by atoms with van der Waals surface area (Å²) in [6.07, 6.45) is 3.83. The Hall–Kier alpha value is -2.64. The van der Waals surface area contributed by atoms with E-state index >= 15 is 0 Å². The van der Waals surface area contributed by atoms with E-state index in [1.54, 1.807) is 6.92 Å². The minimum atomic E-state index is -1.36. The van der Waals surface area contributed by atoms with Crippen LogP contribution >= 0.6 is 22.6 Å². The van der Waals surface area contributed by atoms with Gasteiger partial charge >= 0.3 is 0 Å². The van der Waals surface area contributed by atoms with Gasteiger partial charge in [0.1, 0.15) is 0 Å². The zero-order valence-electron chi connectivity index (χ0n) is 14.6. The summed E-state index contributed by atoms with van der Waals surface area (Å²) in [5.41, 5.74) is 1.40. The van der Waals surface area contributed by atoms with Crippen LogP contribution in [-0.4, -0.2) is 16.7 Å². The van der Waals surface area contributed by atoms with Gasteiger partial charge in [-0.2, -0.15) is 10.5 Å². The normalized spacial score (nSPS) is 24.4. The monoisotopic (exact) mass is 465 g/mol. The van der Waals surface area contributed by atoms with Crippen molar-refractivity contribution in [2.75, 3.05) is 0 Å². The topological polar surface area (TPSA) is 67.9 Å². The lowest BCUT2D eigenvalue weighted by atomic mass is 9.68. The molecule has 0 unspecified atom stereocenters. The lowest BCUT2D eigenvalue weighted by molar-refractivity contribution is -0.121. The van der Waals surface area contributed by atoms with E-state index in [9.17, 15) is 15.3 Å². The molecule has 0 spiro atoms. The van der Waals surface area contributed by atoms with E-state index in [0.717, 1.165) is 20.3 Å². The highest BCUT2D eigenvalue weighted by Crippen LogP contribution is 2.59. The number of ketones is 1. The number of halogens is 1. The maximum absolute atomic E-state index is 12.7. The van der Waals surface area contributed by atoms with Crippen molar-refractivity contribution >= 4 is 34.5 Å². The molecule has 0 saturated carbocycles. The fraction of sp³-hybridized carbons (Fsp3) is 0.227. The second-order valence-electron chi connectivity index (χ2n) is 6.98. The highest BCUT2D eigenvalue weighted by Gasteiger charge is 2.63. The minimum Gasteiger partial charge on any atom is -0.357 e. The van der Waals surface area contributed by atoms with Gasteiger partial charge in [-0.1, -0.05) is 36.4 Å². The number of benzene rings is 2. The van der Waals surface area contributed by atoms with Gasteiger partial charge < -0.3 is 4.90 Å². The lowest BCUT2D eigenvalue weighted by Gasteiger charge is -2.34. The van der Waals surface area contributed by atoms with E-state index in [2.05, 4.69) is 34.7 Å². The third-order valence-electron chi connectivity index (χ3n) is 5.57. The Bertz CT molecular complexity index is 1030. The Morgan fingerprint density at radius 1 is 1.15 bits per heavy atom. The van der Waals surface area contributed by atoms with Crippen LogP contribution in [0.1, 0.15) is 35.6 Å². The van der Waals surface area contributed by atoms with Crippen molar-refractivity contribution in [1.29, 1.82) is 10.5 Å². The number of Topliss-reactive ketones (excluding diaryl/α,β-unsaturated/α-hetero) is 1. The van der Waals surface area contributed by atoms with Crippen molar-refractivity contribution < 1.29 is 4.79 Å². The standard InChI is InChI=1S/C22H16IN3O/c1-14(27)20-19(16-6-4-7-17(23)11-16)22(12-24,13-25)21-18-8-3-2-5-15(18)9-10-26(20)21/h2-11,19-21H,1H3/t19-,20-,21+/m1/s1. The average Bonchev–Trinajstić information content (AvgIpc) is 2.99. The molecule has 2 aromatic rings. The van der Waals surface area contributed by atoms with E-state index in [1.165, 1.54) is 0 Å². The molecule has 0 aliphatic carbocycles. The van der Waals surface area contributed by atoms with Gasteiger partial charge in [-0.25, -0.2) is 0 Å². The SMILES string of the molecule is CC(=O)[C@@H]1[C@@H](c2cccc(I)c2)C(C#N)(C#N)[C@@H]2c3ccccc3C=CN12. The van der Waals surface area contributed by atoms with Gasteiger partial charge in [0, 0.05) is 15.7 Å². The second-order valence-corrected chi connectivity index (χ2v) is 8.22. The molecule has 4 nitrogen and oxygen atoms in total. The Morgan fingerprint density at radius 2 is 1.89 bits per heavy atom. The molecule has 2 heterocycles. The summed E-state index contributed by atoms with van der Waals surface area (Å²) in [5, 5.41) is 20.5. The lowest BCUT2D eigenvalue weighted by Crippen LogP contribution is -2.36. The average molecular weight is 465 g/mol. The van der Waals surface area contributed by atoms with Crippen LogP contribution in [0.3, 0.4) is 0 Å². The van der Waals surface area contributed by atoms with Crippen LogP contribution in [0.25, 0.3) is 6.08 Å². The fourth-order valence-electron chi connectivity index (χ4n) is 4.53. The summed E-state index contributed by atoms with van der Waals surface area (Å²) < 4.78 is 1.01. The van der Waals surface area contributed by atoms with Crippen LogP contribution in [0.5, 0.6) is 0 Å². The zero-order chi connectivity index (χ0) is 19.2. The number of hydrogen-bond acceptors (Lipinski definition) is 4. The zero-order valence-corrected chi connectivity index (χ0v) is 16.8. The number of fused-ring (bicyclic) bond motifs is 3. The minimum absolute atomic E-state index is 0.0414. The molecule has 0 amide bonds. The molecule has 2 aromatic carbocycles. The molecule has 5 heteroatoms. The van der Waals surface area contributed by atoms with E-state index in [-0.39, 0.29) is 5.78 Å². The summed E-state index contributed by atoms with van der Waals surface area (Å²) >= 11 is 2.22.